The molecule has 0 unspecified atom stereocenters. The Morgan fingerprint density at radius 1 is 1.04 bits per heavy atom. The number of carbonyl (C=O) groups is 1. The van der Waals surface area contributed by atoms with Crippen molar-refractivity contribution < 1.29 is 9.90 Å². The molecule has 2 N–H and O–H groups in total. The molecular formula is C17H15N3O3. The quantitative estimate of drug-likeness (QED) is 0.755. The van der Waals surface area contributed by atoms with Crippen molar-refractivity contribution in [2.75, 3.05) is 0 Å². The number of aryl methyl sites for hydroxylation is 2. The third-order valence-corrected chi connectivity index (χ3v) is 3.59. The molecule has 1 heterocycles. The zero-order chi connectivity index (χ0) is 16.2. The molecule has 0 saturated heterocycles. The molecule has 0 radical (unpaired) electrons. The smallest absolute Gasteiger partial charge is 0.347 e. The Hall–Kier alpha value is -3.15. The van der Waals surface area contributed by atoms with Gasteiger partial charge in [0.1, 0.15) is 5.82 Å². The van der Waals surface area contributed by atoms with Gasteiger partial charge in [-0.2, -0.15) is 5.10 Å². The molecule has 23 heavy (non-hydrogen) atoms. The summed E-state index contributed by atoms with van der Waals surface area (Å²) in [6, 6.07) is 16.1. The molecule has 2 aromatic carbocycles. The zero-order valence-corrected chi connectivity index (χ0v) is 12.3. The van der Waals surface area contributed by atoms with E-state index in [4.69, 9.17) is 5.11 Å². The summed E-state index contributed by atoms with van der Waals surface area (Å²) in [4.78, 5) is 22.9. The van der Waals surface area contributed by atoms with E-state index >= 15 is 0 Å². The minimum absolute atomic E-state index is 0.177. The van der Waals surface area contributed by atoms with Crippen molar-refractivity contribution in [2.45, 2.75) is 12.8 Å². The Morgan fingerprint density at radius 3 is 2.39 bits per heavy atom. The van der Waals surface area contributed by atoms with Gasteiger partial charge in [0.15, 0.2) is 0 Å². The van der Waals surface area contributed by atoms with Crippen molar-refractivity contribution in [1.82, 2.24) is 14.8 Å². The topological polar surface area (TPSA) is 88.0 Å². The van der Waals surface area contributed by atoms with Crippen LogP contribution >= 0.6 is 0 Å². The molecule has 0 aliphatic heterocycles. The lowest BCUT2D eigenvalue weighted by Gasteiger charge is -2.06. The molecular weight excluding hydrogens is 294 g/mol. The first kappa shape index (κ1) is 14.8. The predicted molar refractivity (Wildman–Crippen MR) is 85.0 cm³/mol. The van der Waals surface area contributed by atoms with Crippen LogP contribution in [0.3, 0.4) is 0 Å². The molecule has 0 saturated carbocycles. The maximum atomic E-state index is 12.0. The molecule has 116 valence electrons. The largest absolute Gasteiger partial charge is 0.478 e. The molecule has 3 aromatic rings. The van der Waals surface area contributed by atoms with Gasteiger partial charge in [0.05, 0.1) is 11.3 Å². The Balaban J connectivity index is 1.86. The van der Waals surface area contributed by atoms with E-state index in [0.717, 1.165) is 12.0 Å². The number of aromatic amines is 1. The molecule has 1 aromatic heterocycles. The average molecular weight is 309 g/mol. The lowest BCUT2D eigenvalue weighted by molar-refractivity contribution is 0.0697. The fourth-order valence-corrected chi connectivity index (χ4v) is 2.42. The maximum absolute atomic E-state index is 12.0. The first-order valence-electron chi connectivity index (χ1n) is 7.19. The van der Waals surface area contributed by atoms with E-state index in [9.17, 15) is 9.59 Å². The third-order valence-electron chi connectivity index (χ3n) is 3.59. The van der Waals surface area contributed by atoms with Crippen molar-refractivity contribution in [3.8, 4) is 5.69 Å². The van der Waals surface area contributed by atoms with Gasteiger partial charge in [0.2, 0.25) is 0 Å². The second-order valence-electron chi connectivity index (χ2n) is 5.12. The second kappa shape index (κ2) is 6.31. The number of aromatic nitrogens is 3. The van der Waals surface area contributed by atoms with Crippen LogP contribution in [0.5, 0.6) is 0 Å². The van der Waals surface area contributed by atoms with Crippen molar-refractivity contribution in [3.63, 3.8) is 0 Å². The van der Waals surface area contributed by atoms with Crippen LogP contribution in [0.15, 0.2) is 59.4 Å². The number of H-pyrrole nitrogens is 1. The summed E-state index contributed by atoms with van der Waals surface area (Å²) in [7, 11) is 0. The molecule has 0 aliphatic carbocycles. The number of hydrogen-bond acceptors (Lipinski definition) is 3. The van der Waals surface area contributed by atoms with Crippen LogP contribution in [0.2, 0.25) is 0 Å². The van der Waals surface area contributed by atoms with Crippen molar-refractivity contribution in [1.29, 1.82) is 0 Å². The third kappa shape index (κ3) is 3.21. The fourth-order valence-electron chi connectivity index (χ4n) is 2.42. The molecule has 0 aliphatic rings. The summed E-state index contributed by atoms with van der Waals surface area (Å²) in [5, 5.41) is 15.5. The number of nitrogens with one attached hydrogen (secondary N) is 1. The minimum Gasteiger partial charge on any atom is -0.478 e. The van der Waals surface area contributed by atoms with Crippen LogP contribution in [-0.2, 0) is 12.8 Å². The monoisotopic (exact) mass is 309 g/mol. The molecule has 6 nitrogen and oxygen atoms in total. The summed E-state index contributed by atoms with van der Waals surface area (Å²) in [5.41, 5.74) is 1.60. The van der Waals surface area contributed by atoms with Crippen molar-refractivity contribution in [3.05, 3.63) is 82.0 Å². The zero-order valence-electron chi connectivity index (χ0n) is 12.3. The SMILES string of the molecule is O=C(O)c1ccc(-n2c(CCc3ccccc3)n[nH]c2=O)cc1. The highest BCUT2D eigenvalue weighted by molar-refractivity contribution is 5.87. The second-order valence-corrected chi connectivity index (χ2v) is 5.12. The summed E-state index contributed by atoms with van der Waals surface area (Å²) >= 11 is 0. The number of nitrogens with zero attached hydrogens (tertiary/aromatic N) is 2. The fraction of sp³-hybridized carbons (Fsp3) is 0.118. The highest BCUT2D eigenvalue weighted by Crippen LogP contribution is 2.11. The van der Waals surface area contributed by atoms with E-state index in [2.05, 4.69) is 10.2 Å². The standard InChI is InChI=1S/C17H15N3O3/c21-16(22)13-7-9-14(10-8-13)20-15(18-19-17(20)23)11-6-12-4-2-1-3-5-12/h1-5,7-10H,6,11H2,(H,19,23)(H,21,22). The maximum Gasteiger partial charge on any atom is 0.347 e. The minimum atomic E-state index is -1.000. The molecule has 0 fully saturated rings. The number of hydrogen-bond donors (Lipinski definition) is 2. The summed E-state index contributed by atoms with van der Waals surface area (Å²) in [5.74, 6) is -0.387. The Morgan fingerprint density at radius 2 is 1.74 bits per heavy atom. The molecule has 0 amide bonds. The summed E-state index contributed by atoms with van der Waals surface area (Å²) in [6.07, 6.45) is 1.36. The molecule has 0 spiro atoms. The van der Waals surface area contributed by atoms with Gasteiger partial charge in [-0.25, -0.2) is 19.3 Å². The van der Waals surface area contributed by atoms with E-state index < -0.39 is 5.97 Å². The van der Waals surface area contributed by atoms with Gasteiger partial charge in [0.25, 0.3) is 0 Å². The number of carboxylic acid groups (broad SMARTS) is 1. The lowest BCUT2D eigenvalue weighted by atomic mass is 10.1. The van der Waals surface area contributed by atoms with E-state index in [1.165, 1.54) is 16.7 Å². The molecule has 6 heteroatoms. The highest BCUT2D eigenvalue weighted by Gasteiger charge is 2.11. The number of rotatable bonds is 5. The first-order chi connectivity index (χ1) is 11.1. The number of benzene rings is 2. The van der Waals surface area contributed by atoms with Crippen LogP contribution in [0, 0.1) is 0 Å². The van der Waals surface area contributed by atoms with Crippen molar-refractivity contribution >= 4 is 5.97 Å². The Bertz CT molecular complexity index is 864. The van der Waals surface area contributed by atoms with E-state index in [-0.39, 0.29) is 11.3 Å². The van der Waals surface area contributed by atoms with E-state index in [0.29, 0.717) is 17.9 Å². The number of aromatic carboxylic acids is 1. The van der Waals surface area contributed by atoms with Gasteiger partial charge in [-0.15, -0.1) is 0 Å². The van der Waals surface area contributed by atoms with Gasteiger partial charge in [-0.1, -0.05) is 30.3 Å². The van der Waals surface area contributed by atoms with Crippen LogP contribution in [0.25, 0.3) is 5.69 Å². The Labute approximate surface area is 132 Å². The highest BCUT2D eigenvalue weighted by atomic mass is 16.4. The van der Waals surface area contributed by atoms with Crippen LogP contribution in [-0.4, -0.2) is 25.8 Å². The normalized spacial score (nSPS) is 10.6. The predicted octanol–water partition coefficient (Wildman–Crippen LogP) is 2.04. The average Bonchev–Trinajstić information content (AvgIpc) is 2.95. The van der Waals surface area contributed by atoms with Crippen molar-refractivity contribution in [2.24, 2.45) is 0 Å². The van der Waals surface area contributed by atoms with Gasteiger partial charge in [-0.05, 0) is 36.2 Å². The Kier molecular flexibility index (Phi) is 4.05. The number of carboxylic acids is 1. The molecule has 0 bridgehead atoms. The van der Waals surface area contributed by atoms with Crippen LogP contribution in [0.4, 0.5) is 0 Å². The van der Waals surface area contributed by atoms with Crippen LogP contribution in [0.1, 0.15) is 21.7 Å². The van der Waals surface area contributed by atoms with E-state index in [1.54, 1.807) is 12.1 Å². The summed E-state index contributed by atoms with van der Waals surface area (Å²) < 4.78 is 1.47. The summed E-state index contributed by atoms with van der Waals surface area (Å²) in [6.45, 7) is 0. The molecule has 0 atom stereocenters. The van der Waals surface area contributed by atoms with E-state index in [1.807, 2.05) is 30.3 Å². The van der Waals surface area contributed by atoms with Crippen LogP contribution < -0.4 is 5.69 Å². The van der Waals surface area contributed by atoms with Gasteiger partial charge >= 0.3 is 11.7 Å². The first-order valence-corrected chi connectivity index (χ1v) is 7.19. The van der Waals surface area contributed by atoms with Gasteiger partial charge < -0.3 is 5.11 Å². The molecule has 3 rings (SSSR count). The lowest BCUT2D eigenvalue weighted by Crippen LogP contribution is -2.17. The van der Waals surface area contributed by atoms with Gasteiger partial charge in [0, 0.05) is 6.42 Å². The van der Waals surface area contributed by atoms with Gasteiger partial charge in [-0.3, -0.25) is 0 Å².